The predicted molar refractivity (Wildman–Crippen MR) is 75.1 cm³/mol. The molecule has 0 heterocycles. The third-order valence-corrected chi connectivity index (χ3v) is 2.52. The van der Waals surface area contributed by atoms with E-state index in [1.54, 1.807) is 13.8 Å². The van der Waals surface area contributed by atoms with E-state index in [0.29, 0.717) is 12.1 Å². The van der Waals surface area contributed by atoms with Crippen LogP contribution in [0, 0.1) is 11.6 Å². The van der Waals surface area contributed by atoms with E-state index >= 15 is 0 Å². The highest BCUT2D eigenvalue weighted by molar-refractivity contribution is 5.71. The number of carbonyl (C=O) groups excluding carboxylic acids is 1. The first-order valence-electron chi connectivity index (χ1n) is 6.95. The van der Waals surface area contributed by atoms with Crippen molar-refractivity contribution in [3.63, 3.8) is 0 Å². The Bertz CT molecular complexity index is 455. The Morgan fingerprint density at radius 2 is 1.90 bits per heavy atom. The Labute approximate surface area is 123 Å². The number of carbonyl (C=O) groups is 1. The highest BCUT2D eigenvalue weighted by atomic mass is 19.1. The third-order valence-electron chi connectivity index (χ3n) is 2.52. The maximum atomic E-state index is 13.8. The van der Waals surface area contributed by atoms with Crippen LogP contribution >= 0.6 is 0 Å². The minimum Gasteiger partial charge on any atom is -0.476 e. The minimum atomic E-state index is -0.833. The molecule has 0 aliphatic heterocycles. The number of rotatable bonds is 8. The van der Waals surface area contributed by atoms with E-state index in [9.17, 15) is 13.6 Å². The largest absolute Gasteiger partial charge is 0.476 e. The molecule has 0 bridgehead atoms. The molecule has 1 rings (SSSR count). The smallest absolute Gasteiger partial charge is 0.344 e. The first-order chi connectivity index (χ1) is 9.93. The maximum absolute atomic E-state index is 13.8. The molecule has 0 atom stereocenters. The molecule has 0 amide bonds. The lowest BCUT2D eigenvalue weighted by atomic mass is 10.2. The molecular weight excluding hydrogens is 280 g/mol. The average Bonchev–Trinajstić information content (AvgIpc) is 2.37. The molecule has 1 N–H and O–H groups in total. The Hall–Kier alpha value is -1.69. The number of ether oxygens (including phenoxy) is 2. The lowest BCUT2D eigenvalue weighted by molar-refractivity contribution is -0.149. The van der Waals surface area contributed by atoms with Crippen LogP contribution in [0.2, 0.25) is 0 Å². The van der Waals surface area contributed by atoms with E-state index in [1.165, 1.54) is 12.1 Å². The van der Waals surface area contributed by atoms with Crippen LogP contribution in [0.4, 0.5) is 8.78 Å². The highest BCUT2D eigenvalue weighted by Gasteiger charge is 2.15. The summed E-state index contributed by atoms with van der Waals surface area (Å²) in [5.74, 6) is -2.89. The second kappa shape index (κ2) is 8.56. The molecule has 0 unspecified atom stereocenters. The van der Waals surface area contributed by atoms with Crippen LogP contribution in [-0.2, 0) is 16.1 Å². The van der Waals surface area contributed by atoms with Crippen LogP contribution in [0.5, 0.6) is 5.75 Å². The standard InChI is InChI=1S/C15H21F2NO3/c1-4-5-18-8-11-6-12(16)15(13(17)7-11)20-9-14(19)21-10(2)3/h6-7,10,18H,4-5,8-9H2,1-3H3. The molecule has 0 radical (unpaired) electrons. The molecule has 1 aromatic rings. The number of halogens is 2. The molecule has 0 aliphatic carbocycles. The van der Waals surface area contributed by atoms with E-state index in [0.717, 1.165) is 13.0 Å². The predicted octanol–water partition coefficient (Wildman–Crippen LogP) is 2.79. The Kier molecular flexibility index (Phi) is 7.08. The fourth-order valence-corrected chi connectivity index (χ4v) is 1.69. The highest BCUT2D eigenvalue weighted by Crippen LogP contribution is 2.23. The molecule has 0 aliphatic rings. The lowest BCUT2D eigenvalue weighted by Crippen LogP contribution is -2.19. The summed E-state index contributed by atoms with van der Waals surface area (Å²) in [7, 11) is 0. The van der Waals surface area contributed by atoms with Gasteiger partial charge in [0.2, 0.25) is 0 Å². The van der Waals surface area contributed by atoms with Gasteiger partial charge < -0.3 is 14.8 Å². The van der Waals surface area contributed by atoms with Gasteiger partial charge in [-0.25, -0.2) is 13.6 Å². The van der Waals surface area contributed by atoms with Gasteiger partial charge in [-0.15, -0.1) is 0 Å². The van der Waals surface area contributed by atoms with Gasteiger partial charge >= 0.3 is 5.97 Å². The van der Waals surface area contributed by atoms with Crippen molar-refractivity contribution >= 4 is 5.97 Å². The Morgan fingerprint density at radius 1 is 1.29 bits per heavy atom. The van der Waals surface area contributed by atoms with Gasteiger partial charge in [0.1, 0.15) is 0 Å². The summed E-state index contributed by atoms with van der Waals surface area (Å²) in [4.78, 5) is 11.3. The summed E-state index contributed by atoms with van der Waals surface area (Å²) in [5, 5.41) is 3.05. The normalized spacial score (nSPS) is 10.8. The van der Waals surface area contributed by atoms with E-state index in [1.807, 2.05) is 6.92 Å². The van der Waals surface area contributed by atoms with Crippen LogP contribution in [0.25, 0.3) is 0 Å². The van der Waals surface area contributed by atoms with Crippen LogP contribution < -0.4 is 10.1 Å². The van der Waals surface area contributed by atoms with Gasteiger partial charge in [0, 0.05) is 6.54 Å². The maximum Gasteiger partial charge on any atom is 0.344 e. The molecule has 1 aromatic carbocycles. The summed E-state index contributed by atoms with van der Waals surface area (Å²) in [6, 6.07) is 2.38. The van der Waals surface area contributed by atoms with Gasteiger partial charge in [-0.2, -0.15) is 0 Å². The molecule has 0 spiro atoms. The van der Waals surface area contributed by atoms with E-state index in [4.69, 9.17) is 9.47 Å². The summed E-state index contributed by atoms with van der Waals surface area (Å²) < 4.78 is 37.3. The molecular formula is C15H21F2NO3. The quantitative estimate of drug-likeness (QED) is 0.592. The molecule has 118 valence electrons. The summed E-state index contributed by atoms with van der Waals surface area (Å²) >= 11 is 0. The summed E-state index contributed by atoms with van der Waals surface area (Å²) in [5.41, 5.74) is 0.482. The zero-order valence-electron chi connectivity index (χ0n) is 12.5. The van der Waals surface area contributed by atoms with Crippen LogP contribution in [0.15, 0.2) is 12.1 Å². The van der Waals surface area contributed by atoms with E-state index < -0.39 is 30.0 Å². The van der Waals surface area contributed by atoms with Gasteiger partial charge in [0.25, 0.3) is 0 Å². The fraction of sp³-hybridized carbons (Fsp3) is 0.533. The van der Waals surface area contributed by atoms with Crippen molar-refractivity contribution in [1.29, 1.82) is 0 Å². The van der Waals surface area contributed by atoms with Crippen molar-refractivity contribution in [2.45, 2.75) is 39.8 Å². The zero-order valence-corrected chi connectivity index (χ0v) is 12.5. The minimum absolute atomic E-state index is 0.303. The monoisotopic (exact) mass is 301 g/mol. The van der Waals surface area contributed by atoms with Crippen LogP contribution in [0.1, 0.15) is 32.8 Å². The lowest BCUT2D eigenvalue weighted by Gasteiger charge is -2.11. The fourth-order valence-electron chi connectivity index (χ4n) is 1.69. The van der Waals surface area contributed by atoms with Crippen molar-refractivity contribution in [3.05, 3.63) is 29.3 Å². The second-order valence-corrected chi connectivity index (χ2v) is 4.89. The number of hydrogen-bond acceptors (Lipinski definition) is 4. The average molecular weight is 301 g/mol. The number of esters is 1. The summed E-state index contributed by atoms with van der Waals surface area (Å²) in [6.07, 6.45) is 0.632. The topological polar surface area (TPSA) is 47.6 Å². The molecule has 4 nitrogen and oxygen atoms in total. The van der Waals surface area contributed by atoms with Crippen molar-refractivity contribution < 1.29 is 23.0 Å². The van der Waals surface area contributed by atoms with Crippen molar-refractivity contribution in [2.24, 2.45) is 0 Å². The third kappa shape index (κ3) is 6.08. The Balaban J connectivity index is 2.65. The number of hydrogen-bond donors (Lipinski definition) is 1. The van der Waals surface area contributed by atoms with Gasteiger partial charge in [-0.3, -0.25) is 0 Å². The SMILES string of the molecule is CCCNCc1cc(F)c(OCC(=O)OC(C)C)c(F)c1. The Morgan fingerprint density at radius 3 is 2.43 bits per heavy atom. The first-order valence-corrected chi connectivity index (χ1v) is 6.95. The van der Waals surface area contributed by atoms with Gasteiger partial charge in [0.15, 0.2) is 24.0 Å². The molecule has 0 saturated carbocycles. The molecule has 0 saturated heterocycles. The molecule has 0 fully saturated rings. The van der Waals surface area contributed by atoms with E-state index in [2.05, 4.69) is 5.32 Å². The molecule has 0 aromatic heterocycles. The van der Waals surface area contributed by atoms with Gasteiger partial charge in [0.05, 0.1) is 6.10 Å². The zero-order chi connectivity index (χ0) is 15.8. The number of benzene rings is 1. The second-order valence-electron chi connectivity index (χ2n) is 4.89. The van der Waals surface area contributed by atoms with Gasteiger partial charge in [-0.1, -0.05) is 6.92 Å². The van der Waals surface area contributed by atoms with E-state index in [-0.39, 0.29) is 6.10 Å². The van der Waals surface area contributed by atoms with Crippen LogP contribution in [0.3, 0.4) is 0 Å². The number of nitrogens with one attached hydrogen (secondary N) is 1. The van der Waals surface area contributed by atoms with Crippen LogP contribution in [-0.4, -0.2) is 25.2 Å². The molecule has 21 heavy (non-hydrogen) atoms. The first kappa shape index (κ1) is 17.4. The van der Waals surface area contributed by atoms with Crippen molar-refractivity contribution in [3.8, 4) is 5.75 Å². The summed E-state index contributed by atoms with van der Waals surface area (Å²) in [6.45, 7) is 5.97. The van der Waals surface area contributed by atoms with Crippen molar-refractivity contribution in [2.75, 3.05) is 13.2 Å². The molecule has 6 heteroatoms. The van der Waals surface area contributed by atoms with Crippen molar-refractivity contribution in [1.82, 2.24) is 5.32 Å². The van der Waals surface area contributed by atoms with Gasteiger partial charge in [-0.05, 0) is 44.5 Å².